The Morgan fingerprint density at radius 1 is 1.35 bits per heavy atom. The minimum atomic E-state index is -1.73. The van der Waals surface area contributed by atoms with Crippen molar-refractivity contribution in [2.45, 2.75) is 5.79 Å². The molecule has 0 saturated carbocycles. The second-order valence-electron chi connectivity index (χ2n) is 3.65. The molecule has 1 heterocycles. The van der Waals surface area contributed by atoms with E-state index in [1.54, 1.807) is 30.3 Å². The van der Waals surface area contributed by atoms with Crippen molar-refractivity contribution in [3.05, 3.63) is 48.0 Å². The van der Waals surface area contributed by atoms with E-state index in [0.29, 0.717) is 5.56 Å². The lowest BCUT2D eigenvalue weighted by atomic mass is 10.2. The normalized spacial score (nSPS) is 22.3. The monoisotopic (exact) mass is 233 g/mol. The van der Waals surface area contributed by atoms with Gasteiger partial charge in [0.05, 0.1) is 6.54 Å². The molecule has 1 atom stereocenters. The van der Waals surface area contributed by atoms with E-state index in [4.69, 9.17) is 0 Å². The molecule has 1 aliphatic heterocycles. The van der Waals surface area contributed by atoms with Crippen molar-refractivity contribution >= 4 is 11.9 Å². The van der Waals surface area contributed by atoms with Crippen molar-refractivity contribution in [3.63, 3.8) is 0 Å². The number of aliphatic hydroxyl groups is 1. The molecule has 5 nitrogen and oxygen atoms in total. The van der Waals surface area contributed by atoms with Crippen molar-refractivity contribution in [2.75, 3.05) is 6.54 Å². The van der Waals surface area contributed by atoms with Crippen LogP contribution in [0.4, 0.5) is 0 Å². The molecule has 0 radical (unpaired) electrons. The molecule has 1 amide bonds. The molecular weight excluding hydrogens is 222 g/mol. The number of ether oxygens (including phenoxy) is 1. The molecule has 1 aromatic carbocycles. The van der Waals surface area contributed by atoms with Crippen molar-refractivity contribution < 1.29 is 19.4 Å². The van der Waals surface area contributed by atoms with E-state index in [0.717, 1.165) is 6.08 Å². The van der Waals surface area contributed by atoms with E-state index in [2.05, 4.69) is 10.1 Å². The number of hydrogen-bond acceptors (Lipinski definition) is 4. The molecule has 0 aromatic heterocycles. The fraction of sp³-hybridized carbons (Fsp3) is 0.167. The van der Waals surface area contributed by atoms with Crippen LogP contribution in [-0.2, 0) is 9.53 Å². The van der Waals surface area contributed by atoms with Gasteiger partial charge in [0.2, 0.25) is 5.79 Å². The van der Waals surface area contributed by atoms with Gasteiger partial charge in [-0.05, 0) is 18.2 Å². The van der Waals surface area contributed by atoms with Crippen LogP contribution in [0.5, 0.6) is 0 Å². The van der Waals surface area contributed by atoms with Crippen LogP contribution < -0.4 is 5.32 Å². The molecule has 1 unspecified atom stereocenters. The Hall–Kier alpha value is -2.14. The van der Waals surface area contributed by atoms with Gasteiger partial charge in [0, 0.05) is 11.6 Å². The Bertz CT molecular complexity index is 469. The number of rotatable bonds is 3. The first-order valence-corrected chi connectivity index (χ1v) is 5.07. The van der Waals surface area contributed by atoms with E-state index in [-0.39, 0.29) is 12.5 Å². The summed E-state index contributed by atoms with van der Waals surface area (Å²) in [5, 5.41) is 12.2. The molecule has 1 aromatic rings. The van der Waals surface area contributed by atoms with Crippen LogP contribution in [0.1, 0.15) is 10.4 Å². The molecule has 1 aliphatic rings. The predicted octanol–water partition coefficient (Wildman–Crippen LogP) is 0.218. The number of benzene rings is 1. The highest BCUT2D eigenvalue weighted by molar-refractivity contribution is 5.94. The zero-order valence-corrected chi connectivity index (χ0v) is 8.92. The molecule has 88 valence electrons. The Morgan fingerprint density at radius 3 is 2.65 bits per heavy atom. The minimum Gasteiger partial charge on any atom is -0.424 e. The summed E-state index contributed by atoms with van der Waals surface area (Å²) in [7, 11) is 0. The van der Waals surface area contributed by atoms with Gasteiger partial charge >= 0.3 is 5.97 Å². The summed E-state index contributed by atoms with van der Waals surface area (Å²) < 4.78 is 4.63. The topological polar surface area (TPSA) is 75.6 Å². The number of hydrogen-bond donors (Lipinski definition) is 2. The first-order chi connectivity index (χ1) is 8.09. The number of carbonyl (C=O) groups is 2. The van der Waals surface area contributed by atoms with Crippen LogP contribution >= 0.6 is 0 Å². The molecule has 0 saturated heterocycles. The summed E-state index contributed by atoms with van der Waals surface area (Å²) in [5.41, 5.74) is 0.476. The van der Waals surface area contributed by atoms with Gasteiger partial charge in [0.15, 0.2) is 0 Å². The molecule has 0 aliphatic carbocycles. The number of esters is 1. The van der Waals surface area contributed by atoms with Crippen LogP contribution in [-0.4, -0.2) is 29.3 Å². The molecule has 0 fully saturated rings. The van der Waals surface area contributed by atoms with E-state index >= 15 is 0 Å². The Morgan fingerprint density at radius 2 is 2.06 bits per heavy atom. The number of cyclic esters (lactones) is 1. The van der Waals surface area contributed by atoms with Gasteiger partial charge in [-0.2, -0.15) is 0 Å². The third-order valence-corrected chi connectivity index (χ3v) is 2.30. The highest BCUT2D eigenvalue weighted by atomic mass is 16.7. The van der Waals surface area contributed by atoms with E-state index in [9.17, 15) is 14.7 Å². The van der Waals surface area contributed by atoms with Gasteiger partial charge in [-0.25, -0.2) is 4.79 Å². The van der Waals surface area contributed by atoms with Crippen molar-refractivity contribution in [2.24, 2.45) is 0 Å². The molecule has 5 heteroatoms. The van der Waals surface area contributed by atoms with E-state index in [1.807, 2.05) is 0 Å². The van der Waals surface area contributed by atoms with Gasteiger partial charge in [0.25, 0.3) is 5.91 Å². The zero-order valence-electron chi connectivity index (χ0n) is 8.92. The minimum absolute atomic E-state index is 0.178. The summed E-state index contributed by atoms with van der Waals surface area (Å²) in [6.07, 6.45) is 2.33. The van der Waals surface area contributed by atoms with Crippen LogP contribution in [0, 0.1) is 0 Å². The van der Waals surface area contributed by atoms with Crippen molar-refractivity contribution in [1.29, 1.82) is 0 Å². The largest absolute Gasteiger partial charge is 0.424 e. The lowest BCUT2D eigenvalue weighted by Crippen LogP contribution is -2.42. The second kappa shape index (κ2) is 4.39. The Labute approximate surface area is 97.7 Å². The standard InChI is InChI=1S/C12H11NO4/c14-10-6-7-12(16,17-10)8-13-11(15)9-4-2-1-3-5-9/h1-7,16H,8H2,(H,13,15). The van der Waals surface area contributed by atoms with Gasteiger partial charge in [-0.15, -0.1) is 0 Å². The first-order valence-electron chi connectivity index (χ1n) is 5.07. The highest BCUT2D eigenvalue weighted by Gasteiger charge is 2.33. The molecule has 0 spiro atoms. The lowest BCUT2D eigenvalue weighted by molar-refractivity contribution is -0.175. The SMILES string of the molecule is O=C1C=CC(O)(CNC(=O)c2ccccc2)O1. The maximum atomic E-state index is 11.6. The van der Waals surface area contributed by atoms with Crippen LogP contribution in [0.25, 0.3) is 0 Å². The van der Waals surface area contributed by atoms with Crippen LogP contribution in [0.2, 0.25) is 0 Å². The van der Waals surface area contributed by atoms with E-state index < -0.39 is 11.8 Å². The van der Waals surface area contributed by atoms with Crippen molar-refractivity contribution in [1.82, 2.24) is 5.32 Å². The fourth-order valence-corrected chi connectivity index (χ4v) is 1.43. The molecule has 2 rings (SSSR count). The Balaban J connectivity index is 1.93. The summed E-state index contributed by atoms with van der Waals surface area (Å²) in [6, 6.07) is 8.57. The third kappa shape index (κ3) is 2.70. The number of nitrogens with one attached hydrogen (secondary N) is 1. The molecular formula is C12H11NO4. The fourth-order valence-electron chi connectivity index (χ4n) is 1.43. The smallest absolute Gasteiger partial charge is 0.333 e. The van der Waals surface area contributed by atoms with Gasteiger partial charge in [0.1, 0.15) is 0 Å². The second-order valence-corrected chi connectivity index (χ2v) is 3.65. The maximum absolute atomic E-state index is 11.6. The molecule has 2 N–H and O–H groups in total. The summed E-state index contributed by atoms with van der Waals surface area (Å²) in [4.78, 5) is 22.4. The first kappa shape index (κ1) is 11.3. The highest BCUT2D eigenvalue weighted by Crippen LogP contribution is 2.15. The average molecular weight is 233 g/mol. The number of amides is 1. The van der Waals surface area contributed by atoms with E-state index in [1.165, 1.54) is 6.08 Å². The van der Waals surface area contributed by atoms with Crippen LogP contribution in [0.3, 0.4) is 0 Å². The average Bonchev–Trinajstić information content (AvgIpc) is 2.68. The number of carbonyl (C=O) groups excluding carboxylic acids is 2. The quantitative estimate of drug-likeness (QED) is 0.732. The van der Waals surface area contributed by atoms with Gasteiger partial charge in [-0.1, -0.05) is 18.2 Å². The van der Waals surface area contributed by atoms with Crippen molar-refractivity contribution in [3.8, 4) is 0 Å². The van der Waals surface area contributed by atoms with Gasteiger partial charge < -0.3 is 15.2 Å². The zero-order chi connectivity index (χ0) is 12.3. The lowest BCUT2D eigenvalue weighted by Gasteiger charge is -2.19. The predicted molar refractivity (Wildman–Crippen MR) is 59.0 cm³/mol. The molecule has 17 heavy (non-hydrogen) atoms. The van der Waals surface area contributed by atoms with Gasteiger partial charge in [-0.3, -0.25) is 4.79 Å². The molecule has 0 bridgehead atoms. The summed E-state index contributed by atoms with van der Waals surface area (Å²) in [5.74, 6) is -2.70. The third-order valence-electron chi connectivity index (χ3n) is 2.30. The summed E-state index contributed by atoms with van der Waals surface area (Å²) >= 11 is 0. The summed E-state index contributed by atoms with van der Waals surface area (Å²) in [6.45, 7) is -0.178. The maximum Gasteiger partial charge on any atom is 0.333 e. The van der Waals surface area contributed by atoms with Crippen LogP contribution in [0.15, 0.2) is 42.5 Å². The Kier molecular flexibility index (Phi) is 2.93.